The monoisotopic (exact) mass is 462 g/mol. The van der Waals surface area contributed by atoms with E-state index in [1.807, 2.05) is 30.5 Å². The molecule has 3 nitrogen and oxygen atoms in total. The van der Waals surface area contributed by atoms with Crippen LogP contribution in [0.3, 0.4) is 0 Å². The molecule has 2 aromatic heterocycles. The second kappa shape index (κ2) is 8.40. The topological polar surface area (TPSA) is 31.0 Å². The fraction of sp³-hybridized carbons (Fsp3) is 0. The quantitative estimate of drug-likeness (QED) is 0.262. The highest BCUT2D eigenvalue weighted by atomic mass is 16.3. The van der Waals surface area contributed by atoms with E-state index in [0.717, 1.165) is 50.1 Å². The van der Waals surface area contributed by atoms with Gasteiger partial charge in [0.2, 0.25) is 0 Å². The molecule has 0 aliphatic heterocycles. The standard InChI is InChI=1S/C33H22N2O/c1-3-10-23(11-4-1)26-15-9-16-27(24-12-5-2-6-13-24)32(26)35-21-20-34-33(35)25-18-19-31-29(22-25)28-14-7-8-17-30(28)36-31/h1-22H. The molecule has 0 saturated carbocycles. The molecular formula is C33H22N2O. The van der Waals surface area contributed by atoms with Gasteiger partial charge in [0.25, 0.3) is 0 Å². The Kier molecular flexibility index (Phi) is 4.78. The van der Waals surface area contributed by atoms with Crippen molar-refractivity contribution >= 4 is 21.9 Å². The van der Waals surface area contributed by atoms with E-state index in [2.05, 4.69) is 108 Å². The van der Waals surface area contributed by atoms with Crippen LogP contribution in [0.5, 0.6) is 0 Å². The summed E-state index contributed by atoms with van der Waals surface area (Å²) in [5, 5.41) is 2.21. The number of benzene rings is 5. The van der Waals surface area contributed by atoms with Crippen LogP contribution in [0.1, 0.15) is 0 Å². The summed E-state index contributed by atoms with van der Waals surface area (Å²) in [6.07, 6.45) is 3.94. The summed E-state index contributed by atoms with van der Waals surface area (Å²) in [6.45, 7) is 0. The van der Waals surface area contributed by atoms with Gasteiger partial charge >= 0.3 is 0 Å². The zero-order valence-corrected chi connectivity index (χ0v) is 19.5. The third-order valence-electron chi connectivity index (χ3n) is 6.72. The summed E-state index contributed by atoms with van der Waals surface area (Å²) in [7, 11) is 0. The number of hydrogen-bond acceptors (Lipinski definition) is 2. The van der Waals surface area contributed by atoms with Crippen LogP contribution in [0.4, 0.5) is 0 Å². The minimum Gasteiger partial charge on any atom is -0.456 e. The summed E-state index contributed by atoms with van der Waals surface area (Å²) in [5.41, 5.74) is 8.58. The van der Waals surface area contributed by atoms with Crippen molar-refractivity contribution in [3.63, 3.8) is 0 Å². The molecule has 0 atom stereocenters. The smallest absolute Gasteiger partial charge is 0.144 e. The van der Waals surface area contributed by atoms with E-state index in [9.17, 15) is 0 Å². The van der Waals surface area contributed by atoms with Gasteiger partial charge < -0.3 is 4.42 Å². The molecule has 0 bridgehead atoms. The molecule has 3 heteroatoms. The second-order valence-corrected chi connectivity index (χ2v) is 8.86. The van der Waals surface area contributed by atoms with Gasteiger partial charge in [-0.3, -0.25) is 4.57 Å². The lowest BCUT2D eigenvalue weighted by atomic mass is 9.95. The third-order valence-corrected chi connectivity index (χ3v) is 6.72. The van der Waals surface area contributed by atoms with E-state index in [1.165, 1.54) is 11.1 Å². The number of rotatable bonds is 4. The maximum atomic E-state index is 6.07. The molecule has 0 aliphatic rings. The van der Waals surface area contributed by atoms with Gasteiger partial charge in [0.05, 0.1) is 5.69 Å². The molecule has 5 aromatic carbocycles. The predicted octanol–water partition coefficient (Wildman–Crippen LogP) is 8.77. The van der Waals surface area contributed by atoms with Crippen LogP contribution in [-0.4, -0.2) is 9.55 Å². The molecule has 0 N–H and O–H groups in total. The van der Waals surface area contributed by atoms with Crippen molar-refractivity contribution in [2.75, 3.05) is 0 Å². The van der Waals surface area contributed by atoms with Gasteiger partial charge in [0, 0.05) is 39.9 Å². The summed E-state index contributed by atoms with van der Waals surface area (Å²) in [4.78, 5) is 4.84. The Bertz CT molecular complexity index is 1770. The molecule has 0 spiro atoms. The van der Waals surface area contributed by atoms with Crippen LogP contribution in [-0.2, 0) is 0 Å². The first-order chi connectivity index (χ1) is 17.9. The number of para-hydroxylation sites is 2. The molecule has 0 radical (unpaired) electrons. The first-order valence-corrected chi connectivity index (χ1v) is 12.1. The van der Waals surface area contributed by atoms with Crippen LogP contribution in [0.15, 0.2) is 138 Å². The number of hydrogen-bond donors (Lipinski definition) is 0. The minimum atomic E-state index is 0.882. The van der Waals surface area contributed by atoms with Gasteiger partial charge in [-0.1, -0.05) is 97.1 Å². The molecule has 0 unspecified atom stereocenters. The summed E-state index contributed by atoms with van der Waals surface area (Å²) in [5.74, 6) is 0.891. The van der Waals surface area contributed by atoms with E-state index in [0.29, 0.717) is 0 Å². The van der Waals surface area contributed by atoms with Crippen LogP contribution < -0.4 is 0 Å². The Labute approximate surface area is 208 Å². The lowest BCUT2D eigenvalue weighted by molar-refractivity contribution is 0.669. The van der Waals surface area contributed by atoms with Crippen molar-refractivity contribution < 1.29 is 4.42 Å². The van der Waals surface area contributed by atoms with Crippen molar-refractivity contribution in [1.82, 2.24) is 9.55 Å². The number of nitrogens with zero attached hydrogens (tertiary/aromatic N) is 2. The molecule has 0 fully saturated rings. The molecule has 36 heavy (non-hydrogen) atoms. The Hall–Kier alpha value is -4.89. The highest BCUT2D eigenvalue weighted by molar-refractivity contribution is 6.06. The lowest BCUT2D eigenvalue weighted by Crippen LogP contribution is -2.02. The maximum Gasteiger partial charge on any atom is 0.144 e. The van der Waals surface area contributed by atoms with Crippen LogP contribution in [0.2, 0.25) is 0 Å². The SMILES string of the molecule is c1ccc(-c2cccc(-c3ccccc3)c2-n2ccnc2-c2ccc3oc4ccccc4c3c2)cc1. The molecule has 7 rings (SSSR count). The van der Waals surface area contributed by atoms with Gasteiger partial charge in [0.15, 0.2) is 0 Å². The highest BCUT2D eigenvalue weighted by Crippen LogP contribution is 2.38. The van der Waals surface area contributed by atoms with Crippen molar-refractivity contribution in [1.29, 1.82) is 0 Å². The molecule has 0 amide bonds. The van der Waals surface area contributed by atoms with E-state index in [4.69, 9.17) is 9.40 Å². The van der Waals surface area contributed by atoms with Crippen LogP contribution >= 0.6 is 0 Å². The van der Waals surface area contributed by atoms with Crippen LogP contribution in [0, 0.1) is 0 Å². The van der Waals surface area contributed by atoms with Gasteiger partial charge in [-0.2, -0.15) is 0 Å². The molecular weight excluding hydrogens is 440 g/mol. The molecule has 0 aliphatic carbocycles. The van der Waals surface area contributed by atoms with E-state index in [1.54, 1.807) is 0 Å². The van der Waals surface area contributed by atoms with E-state index in [-0.39, 0.29) is 0 Å². The van der Waals surface area contributed by atoms with Gasteiger partial charge in [0.1, 0.15) is 17.0 Å². The fourth-order valence-electron chi connectivity index (χ4n) is 5.07. The normalized spacial score (nSPS) is 11.3. The zero-order chi connectivity index (χ0) is 23.9. The van der Waals surface area contributed by atoms with Gasteiger partial charge in [-0.25, -0.2) is 4.98 Å². The first kappa shape index (κ1) is 20.5. The van der Waals surface area contributed by atoms with Gasteiger partial charge in [-0.15, -0.1) is 0 Å². The largest absolute Gasteiger partial charge is 0.456 e. The Morgan fingerprint density at radius 1 is 0.528 bits per heavy atom. The molecule has 7 aromatic rings. The van der Waals surface area contributed by atoms with E-state index < -0.39 is 0 Å². The molecule has 170 valence electrons. The highest BCUT2D eigenvalue weighted by Gasteiger charge is 2.18. The summed E-state index contributed by atoms with van der Waals surface area (Å²) in [6, 6.07) is 42.1. The maximum absolute atomic E-state index is 6.07. The summed E-state index contributed by atoms with van der Waals surface area (Å²) >= 11 is 0. The predicted molar refractivity (Wildman–Crippen MR) is 147 cm³/mol. The second-order valence-electron chi connectivity index (χ2n) is 8.86. The third kappa shape index (κ3) is 3.33. The summed E-state index contributed by atoms with van der Waals surface area (Å²) < 4.78 is 8.28. The Balaban J connectivity index is 1.49. The first-order valence-electron chi connectivity index (χ1n) is 12.1. The average Bonchev–Trinajstić information content (AvgIpc) is 3.58. The van der Waals surface area contributed by atoms with Gasteiger partial charge in [-0.05, 0) is 35.4 Å². The van der Waals surface area contributed by atoms with Crippen LogP contribution in [0.25, 0.3) is 61.3 Å². The fourth-order valence-corrected chi connectivity index (χ4v) is 5.07. The Morgan fingerprint density at radius 2 is 1.17 bits per heavy atom. The number of furan rings is 1. The van der Waals surface area contributed by atoms with Crippen molar-refractivity contribution in [2.24, 2.45) is 0 Å². The Morgan fingerprint density at radius 3 is 1.89 bits per heavy atom. The van der Waals surface area contributed by atoms with Crippen molar-refractivity contribution in [3.05, 3.63) is 134 Å². The number of fused-ring (bicyclic) bond motifs is 3. The molecule has 0 saturated heterocycles. The molecule has 2 heterocycles. The average molecular weight is 463 g/mol. The number of imidazole rings is 1. The van der Waals surface area contributed by atoms with Crippen molar-refractivity contribution in [2.45, 2.75) is 0 Å². The zero-order valence-electron chi connectivity index (χ0n) is 19.5. The lowest BCUT2D eigenvalue weighted by Gasteiger charge is -2.18. The van der Waals surface area contributed by atoms with E-state index >= 15 is 0 Å². The number of aromatic nitrogens is 2. The van der Waals surface area contributed by atoms with Crippen molar-refractivity contribution in [3.8, 4) is 39.3 Å². The minimum absolute atomic E-state index is 0.882.